The first-order valence-electron chi connectivity index (χ1n) is 9.87. The van der Waals surface area contributed by atoms with Crippen molar-refractivity contribution < 1.29 is 14.4 Å². The third kappa shape index (κ3) is 2.68. The number of hydrogen-bond donors (Lipinski definition) is 2. The zero-order valence-electron chi connectivity index (χ0n) is 16.4. The molecule has 1 saturated heterocycles. The van der Waals surface area contributed by atoms with Crippen molar-refractivity contribution in [1.29, 1.82) is 0 Å². The second-order valence-electron chi connectivity index (χ2n) is 7.88. The molecule has 3 aromatic rings. The van der Waals surface area contributed by atoms with Crippen LogP contribution >= 0.6 is 11.3 Å². The second kappa shape index (κ2) is 6.79. The molecule has 0 spiro atoms. The predicted molar refractivity (Wildman–Crippen MR) is 112 cm³/mol. The van der Waals surface area contributed by atoms with Gasteiger partial charge in [-0.15, -0.1) is 0 Å². The zero-order chi connectivity index (χ0) is 20.2. The van der Waals surface area contributed by atoms with E-state index in [4.69, 9.17) is 4.52 Å². The molecule has 7 heteroatoms. The summed E-state index contributed by atoms with van der Waals surface area (Å²) >= 11 is 1.58. The number of aromatic nitrogens is 1. The van der Waals surface area contributed by atoms with Crippen LogP contribution in [0.25, 0.3) is 11.1 Å². The number of piperidine rings is 1. The summed E-state index contributed by atoms with van der Waals surface area (Å²) in [6, 6.07) is 8.06. The maximum Gasteiger partial charge on any atom is 0.254 e. The normalized spacial score (nSPS) is 24.5. The Bertz CT molecular complexity index is 1060. The van der Waals surface area contributed by atoms with Crippen molar-refractivity contribution in [1.82, 2.24) is 10.1 Å². The first-order chi connectivity index (χ1) is 14.0. The number of aryl methyl sites for hydroxylation is 2. The Balaban J connectivity index is 1.73. The van der Waals surface area contributed by atoms with Crippen molar-refractivity contribution in [3.8, 4) is 11.1 Å². The highest BCUT2D eigenvalue weighted by Crippen LogP contribution is 2.48. The lowest BCUT2D eigenvalue weighted by Crippen LogP contribution is -2.56. The summed E-state index contributed by atoms with van der Waals surface area (Å²) in [5.41, 5.74) is 4.52. The van der Waals surface area contributed by atoms with Crippen LogP contribution in [0.5, 0.6) is 0 Å². The minimum absolute atomic E-state index is 0.0593. The fraction of sp³-hybridized carbons (Fsp3) is 0.364. The molecule has 1 fully saturated rings. The summed E-state index contributed by atoms with van der Waals surface area (Å²) in [5, 5.41) is 21.6. The number of fused-ring (bicyclic) bond motifs is 1. The van der Waals surface area contributed by atoms with Crippen LogP contribution in [0, 0.1) is 13.8 Å². The number of carbonyl (C=O) groups excluding carboxylic acids is 1. The van der Waals surface area contributed by atoms with E-state index in [0.717, 1.165) is 58.8 Å². The topological polar surface area (TPSA) is 78.6 Å². The number of nitrogens with one attached hydrogen (secondary N) is 1. The molecule has 1 amide bonds. The average Bonchev–Trinajstić information content (AvgIpc) is 3.40. The minimum Gasteiger partial charge on any atom is -0.392 e. The van der Waals surface area contributed by atoms with Crippen molar-refractivity contribution >= 4 is 22.9 Å². The van der Waals surface area contributed by atoms with Crippen LogP contribution in [0.1, 0.15) is 35.4 Å². The number of aliphatic hydroxyl groups excluding tert-OH is 1. The lowest BCUT2D eigenvalue weighted by molar-refractivity contribution is -0.127. The highest BCUT2D eigenvalue weighted by atomic mass is 32.1. The molecule has 2 N–H and O–H groups in total. The zero-order valence-corrected chi connectivity index (χ0v) is 17.3. The van der Waals surface area contributed by atoms with Gasteiger partial charge in [0.15, 0.2) is 5.54 Å². The highest BCUT2D eigenvalue weighted by Gasteiger charge is 2.53. The summed E-state index contributed by atoms with van der Waals surface area (Å²) < 4.78 is 5.37. The van der Waals surface area contributed by atoms with Gasteiger partial charge < -0.3 is 14.9 Å². The molecule has 2 aliphatic rings. The van der Waals surface area contributed by atoms with Gasteiger partial charge in [0.1, 0.15) is 5.76 Å². The van der Waals surface area contributed by atoms with E-state index in [1.54, 1.807) is 11.3 Å². The Kier molecular flexibility index (Phi) is 4.34. The molecule has 0 bridgehead atoms. The Morgan fingerprint density at radius 3 is 2.90 bits per heavy atom. The molecule has 0 radical (unpaired) electrons. The van der Waals surface area contributed by atoms with Gasteiger partial charge >= 0.3 is 0 Å². The fourth-order valence-electron chi connectivity index (χ4n) is 4.85. The molecular weight excluding hydrogens is 386 g/mol. The van der Waals surface area contributed by atoms with Crippen LogP contribution in [0.4, 0.5) is 5.69 Å². The lowest BCUT2D eigenvalue weighted by atomic mass is 9.81. The van der Waals surface area contributed by atoms with Gasteiger partial charge in [-0.05, 0) is 66.8 Å². The standard InChI is InChI=1S/C22H23N3O3S/c1-13-20(14(2)28-24-13)15-5-6-19-18(10-15)22(21(27)23-19,16-7-9-29-12-16)25-8-3-4-17(26)11-25/h5-7,9-10,12,17,26H,3-4,8,11H2,1-2H3,(H,23,27)/t17-,22-/m0/s1. The highest BCUT2D eigenvalue weighted by molar-refractivity contribution is 7.08. The number of amides is 1. The SMILES string of the molecule is Cc1noc(C)c1-c1ccc2c(c1)[C@](c1ccsc1)(N1CCC[C@H](O)C1)C(=O)N2. The molecule has 0 saturated carbocycles. The van der Waals surface area contributed by atoms with Crippen LogP contribution in [-0.2, 0) is 10.3 Å². The van der Waals surface area contributed by atoms with Crippen LogP contribution in [0.15, 0.2) is 39.5 Å². The van der Waals surface area contributed by atoms with Gasteiger partial charge in [0.05, 0.1) is 11.8 Å². The number of anilines is 1. The van der Waals surface area contributed by atoms with Crippen LogP contribution in [0.3, 0.4) is 0 Å². The van der Waals surface area contributed by atoms with E-state index >= 15 is 0 Å². The van der Waals surface area contributed by atoms with Gasteiger partial charge in [-0.1, -0.05) is 11.2 Å². The maximum atomic E-state index is 13.5. The number of carbonyl (C=O) groups is 1. The number of aliphatic hydroxyl groups is 1. The molecule has 2 atom stereocenters. The monoisotopic (exact) mass is 409 g/mol. The summed E-state index contributed by atoms with van der Waals surface area (Å²) in [7, 11) is 0. The van der Waals surface area contributed by atoms with Crippen LogP contribution in [-0.4, -0.2) is 40.3 Å². The molecule has 150 valence electrons. The van der Waals surface area contributed by atoms with Crippen molar-refractivity contribution in [2.45, 2.75) is 38.3 Å². The number of hydrogen-bond acceptors (Lipinski definition) is 6. The fourth-order valence-corrected chi connectivity index (χ4v) is 5.55. The third-order valence-corrected chi connectivity index (χ3v) is 6.80. The first-order valence-corrected chi connectivity index (χ1v) is 10.8. The number of likely N-dealkylation sites (tertiary alicyclic amines) is 1. The molecule has 0 aliphatic carbocycles. The van der Waals surface area contributed by atoms with Gasteiger partial charge in [0.2, 0.25) is 0 Å². The van der Waals surface area contributed by atoms with E-state index in [9.17, 15) is 9.90 Å². The number of β-amino-alcohol motifs (C(OH)–C–C–N with tert-alkyl or cyclic N) is 1. The third-order valence-electron chi connectivity index (χ3n) is 6.12. The van der Waals surface area contributed by atoms with Gasteiger partial charge in [-0.25, -0.2) is 0 Å². The molecule has 2 aromatic heterocycles. The average molecular weight is 410 g/mol. The van der Waals surface area contributed by atoms with E-state index in [1.165, 1.54) is 0 Å². The number of rotatable bonds is 3. The second-order valence-corrected chi connectivity index (χ2v) is 8.66. The Morgan fingerprint density at radius 2 is 2.21 bits per heavy atom. The van der Waals surface area contributed by atoms with Gasteiger partial charge in [-0.3, -0.25) is 9.69 Å². The quantitative estimate of drug-likeness (QED) is 0.690. The Hall–Kier alpha value is -2.48. The van der Waals surface area contributed by atoms with Crippen LogP contribution < -0.4 is 5.32 Å². The van der Waals surface area contributed by atoms with Gasteiger partial charge in [0.25, 0.3) is 5.91 Å². The van der Waals surface area contributed by atoms with Gasteiger partial charge in [0, 0.05) is 29.9 Å². The van der Waals surface area contributed by atoms with Crippen molar-refractivity contribution in [2.75, 3.05) is 18.4 Å². The van der Waals surface area contributed by atoms with Crippen molar-refractivity contribution in [2.24, 2.45) is 0 Å². The molecule has 6 nitrogen and oxygen atoms in total. The maximum absolute atomic E-state index is 13.5. The number of thiophene rings is 1. The van der Waals surface area contributed by atoms with Crippen molar-refractivity contribution in [3.63, 3.8) is 0 Å². The molecule has 1 aromatic carbocycles. The molecule has 4 heterocycles. The van der Waals surface area contributed by atoms with E-state index in [1.807, 2.05) is 42.8 Å². The molecule has 29 heavy (non-hydrogen) atoms. The molecule has 2 aliphatic heterocycles. The first kappa shape index (κ1) is 18.5. The summed E-state index contributed by atoms with van der Waals surface area (Å²) in [5.74, 6) is 0.699. The summed E-state index contributed by atoms with van der Waals surface area (Å²) in [6.45, 7) is 5.06. The largest absolute Gasteiger partial charge is 0.392 e. The summed E-state index contributed by atoms with van der Waals surface area (Å²) in [6.07, 6.45) is 1.20. The number of benzene rings is 1. The predicted octanol–water partition coefficient (Wildman–Crippen LogP) is 3.67. The lowest BCUT2D eigenvalue weighted by Gasteiger charge is -2.43. The van der Waals surface area contributed by atoms with E-state index in [0.29, 0.717) is 6.54 Å². The molecule has 0 unspecified atom stereocenters. The molecule has 5 rings (SSSR count). The van der Waals surface area contributed by atoms with Crippen molar-refractivity contribution in [3.05, 3.63) is 57.6 Å². The molecular formula is C22H23N3O3S. The van der Waals surface area contributed by atoms with E-state index in [-0.39, 0.29) is 5.91 Å². The van der Waals surface area contributed by atoms with Gasteiger partial charge in [-0.2, -0.15) is 11.3 Å². The van der Waals surface area contributed by atoms with Crippen LogP contribution in [0.2, 0.25) is 0 Å². The minimum atomic E-state index is -0.939. The summed E-state index contributed by atoms with van der Waals surface area (Å²) in [4.78, 5) is 15.7. The van der Waals surface area contributed by atoms with E-state index in [2.05, 4.69) is 21.4 Å². The Labute approximate surface area is 173 Å². The van der Waals surface area contributed by atoms with E-state index < -0.39 is 11.6 Å². The smallest absolute Gasteiger partial charge is 0.254 e. The Morgan fingerprint density at radius 1 is 1.34 bits per heavy atom. The number of nitrogens with zero attached hydrogens (tertiary/aromatic N) is 2.